The van der Waals surface area contributed by atoms with Gasteiger partial charge >= 0.3 is 0 Å². The van der Waals surface area contributed by atoms with Crippen molar-refractivity contribution in [3.63, 3.8) is 0 Å². The summed E-state index contributed by atoms with van der Waals surface area (Å²) in [5.74, 6) is 0.831. The normalized spacial score (nSPS) is 13.3. The van der Waals surface area contributed by atoms with E-state index in [-0.39, 0.29) is 18.6 Å². The van der Waals surface area contributed by atoms with Crippen LogP contribution in [0.5, 0.6) is 17.2 Å². The van der Waals surface area contributed by atoms with E-state index >= 15 is 0 Å². The molecule has 1 atom stereocenters. The van der Waals surface area contributed by atoms with Crippen molar-refractivity contribution >= 4 is 18.0 Å². The molecule has 0 saturated carbocycles. The highest BCUT2D eigenvalue weighted by molar-refractivity contribution is 5.98. The van der Waals surface area contributed by atoms with Gasteiger partial charge in [-0.3, -0.25) is 9.59 Å². The minimum Gasteiger partial charge on any atom is -0.493 e. The van der Waals surface area contributed by atoms with Crippen LogP contribution in [0.1, 0.15) is 36.7 Å². The SMILES string of the molecule is CCOc1ccccc1/C=N/NC(=O)C(NC(=O)c1ccc2c(c1)OCO2)C(C)C. The molecule has 0 fully saturated rings. The number of rotatable bonds is 8. The van der Waals surface area contributed by atoms with Crippen LogP contribution in [-0.4, -0.2) is 37.5 Å². The van der Waals surface area contributed by atoms with E-state index in [1.807, 2.05) is 45.0 Å². The van der Waals surface area contributed by atoms with Gasteiger partial charge in [0.05, 0.1) is 12.8 Å². The van der Waals surface area contributed by atoms with Gasteiger partial charge in [-0.25, -0.2) is 5.43 Å². The van der Waals surface area contributed by atoms with Crippen molar-refractivity contribution < 1.29 is 23.8 Å². The van der Waals surface area contributed by atoms with Crippen LogP contribution in [0.3, 0.4) is 0 Å². The van der Waals surface area contributed by atoms with Gasteiger partial charge in [-0.1, -0.05) is 26.0 Å². The van der Waals surface area contributed by atoms with E-state index < -0.39 is 11.9 Å². The number of fused-ring (bicyclic) bond motifs is 1. The van der Waals surface area contributed by atoms with E-state index in [9.17, 15) is 9.59 Å². The molecule has 3 rings (SSSR count). The van der Waals surface area contributed by atoms with Gasteiger partial charge in [-0.05, 0) is 43.2 Å². The van der Waals surface area contributed by atoms with E-state index in [1.165, 1.54) is 6.21 Å². The van der Waals surface area contributed by atoms with Gasteiger partial charge in [-0.15, -0.1) is 0 Å². The first-order chi connectivity index (χ1) is 14.5. The molecule has 2 aromatic carbocycles. The number of carbonyl (C=O) groups is 2. The number of benzene rings is 2. The standard InChI is InChI=1S/C22H25N3O5/c1-4-28-17-8-6-5-7-16(17)12-23-25-22(27)20(14(2)3)24-21(26)15-9-10-18-19(11-15)30-13-29-18/h5-12,14,20H,4,13H2,1-3H3,(H,24,26)(H,25,27)/b23-12+. The number of ether oxygens (including phenoxy) is 3. The lowest BCUT2D eigenvalue weighted by atomic mass is 10.0. The average molecular weight is 411 g/mol. The molecule has 0 bridgehead atoms. The molecule has 2 N–H and O–H groups in total. The number of hydrogen-bond donors (Lipinski definition) is 2. The lowest BCUT2D eigenvalue weighted by Gasteiger charge is -2.20. The number of nitrogens with zero attached hydrogens (tertiary/aromatic N) is 1. The highest BCUT2D eigenvalue weighted by atomic mass is 16.7. The zero-order valence-electron chi connectivity index (χ0n) is 17.2. The molecule has 0 aliphatic carbocycles. The van der Waals surface area contributed by atoms with Crippen LogP contribution < -0.4 is 25.0 Å². The Morgan fingerprint density at radius 1 is 1.17 bits per heavy atom. The molecule has 0 aromatic heterocycles. The maximum Gasteiger partial charge on any atom is 0.262 e. The van der Waals surface area contributed by atoms with Gasteiger partial charge in [0, 0.05) is 11.1 Å². The van der Waals surface area contributed by atoms with E-state index in [4.69, 9.17) is 14.2 Å². The number of amides is 2. The molecule has 1 heterocycles. The fourth-order valence-electron chi connectivity index (χ4n) is 2.91. The Labute approximate surface area is 175 Å². The predicted molar refractivity (Wildman–Crippen MR) is 112 cm³/mol. The van der Waals surface area contributed by atoms with Crippen LogP contribution in [0.4, 0.5) is 0 Å². The zero-order valence-corrected chi connectivity index (χ0v) is 17.2. The fraction of sp³-hybridized carbons (Fsp3) is 0.318. The van der Waals surface area contributed by atoms with E-state index in [0.717, 1.165) is 5.56 Å². The Morgan fingerprint density at radius 2 is 1.93 bits per heavy atom. The lowest BCUT2D eigenvalue weighted by molar-refractivity contribution is -0.123. The molecule has 2 aromatic rings. The van der Waals surface area contributed by atoms with Crippen LogP contribution in [-0.2, 0) is 4.79 Å². The van der Waals surface area contributed by atoms with Crippen molar-refractivity contribution in [3.8, 4) is 17.2 Å². The summed E-state index contributed by atoms with van der Waals surface area (Å²) in [5.41, 5.74) is 3.62. The zero-order chi connectivity index (χ0) is 21.5. The van der Waals surface area contributed by atoms with Gasteiger partial charge in [0.1, 0.15) is 11.8 Å². The topological polar surface area (TPSA) is 98.2 Å². The Kier molecular flexibility index (Phi) is 6.90. The van der Waals surface area contributed by atoms with Gasteiger partial charge < -0.3 is 19.5 Å². The molecule has 158 valence electrons. The van der Waals surface area contributed by atoms with Crippen LogP contribution in [0.15, 0.2) is 47.6 Å². The Hall–Kier alpha value is -3.55. The Bertz CT molecular complexity index is 942. The van der Waals surface area contributed by atoms with Crippen molar-refractivity contribution in [1.82, 2.24) is 10.7 Å². The largest absolute Gasteiger partial charge is 0.493 e. The predicted octanol–water partition coefficient (Wildman–Crippen LogP) is 2.72. The molecule has 1 aliphatic heterocycles. The van der Waals surface area contributed by atoms with Crippen LogP contribution in [0.25, 0.3) is 0 Å². The molecule has 0 radical (unpaired) electrons. The fourth-order valence-corrected chi connectivity index (χ4v) is 2.91. The molecular weight excluding hydrogens is 386 g/mol. The molecule has 8 nitrogen and oxygen atoms in total. The van der Waals surface area contributed by atoms with E-state index in [1.54, 1.807) is 18.2 Å². The molecule has 8 heteroatoms. The number of nitrogens with one attached hydrogen (secondary N) is 2. The van der Waals surface area contributed by atoms with Crippen molar-refractivity contribution in [2.75, 3.05) is 13.4 Å². The summed E-state index contributed by atoms with van der Waals surface area (Å²) in [7, 11) is 0. The first-order valence-corrected chi connectivity index (χ1v) is 9.75. The van der Waals surface area contributed by atoms with E-state index in [0.29, 0.717) is 29.4 Å². The summed E-state index contributed by atoms with van der Waals surface area (Å²) in [5, 5.41) is 6.78. The summed E-state index contributed by atoms with van der Waals surface area (Å²) in [4.78, 5) is 25.3. The lowest BCUT2D eigenvalue weighted by Crippen LogP contribution is -2.48. The van der Waals surface area contributed by atoms with Crippen LogP contribution in [0, 0.1) is 5.92 Å². The maximum absolute atomic E-state index is 12.6. The smallest absolute Gasteiger partial charge is 0.262 e. The van der Waals surface area contributed by atoms with E-state index in [2.05, 4.69) is 15.8 Å². The van der Waals surface area contributed by atoms with Crippen LogP contribution >= 0.6 is 0 Å². The van der Waals surface area contributed by atoms with Crippen molar-refractivity contribution in [3.05, 3.63) is 53.6 Å². The van der Waals surface area contributed by atoms with Crippen molar-refractivity contribution in [1.29, 1.82) is 0 Å². The summed E-state index contributed by atoms with van der Waals surface area (Å²) in [6.45, 7) is 6.24. The molecule has 30 heavy (non-hydrogen) atoms. The molecule has 2 amide bonds. The number of para-hydroxylation sites is 1. The molecule has 1 aliphatic rings. The summed E-state index contributed by atoms with van der Waals surface area (Å²) >= 11 is 0. The highest BCUT2D eigenvalue weighted by Gasteiger charge is 2.25. The van der Waals surface area contributed by atoms with Crippen LogP contribution in [0.2, 0.25) is 0 Å². The molecule has 0 saturated heterocycles. The first-order valence-electron chi connectivity index (χ1n) is 9.75. The third-order valence-electron chi connectivity index (χ3n) is 4.47. The average Bonchev–Trinajstić information content (AvgIpc) is 3.20. The van der Waals surface area contributed by atoms with Gasteiger partial charge in [-0.2, -0.15) is 5.10 Å². The third kappa shape index (κ3) is 5.08. The summed E-state index contributed by atoms with van der Waals surface area (Å²) in [6, 6.07) is 11.5. The first kappa shape index (κ1) is 21.2. The maximum atomic E-state index is 12.6. The summed E-state index contributed by atoms with van der Waals surface area (Å²) in [6.07, 6.45) is 1.51. The number of hydrogen-bond acceptors (Lipinski definition) is 6. The number of hydrazone groups is 1. The molecule has 0 spiro atoms. The highest BCUT2D eigenvalue weighted by Crippen LogP contribution is 2.32. The monoisotopic (exact) mass is 411 g/mol. The molecular formula is C22H25N3O5. The van der Waals surface area contributed by atoms with Crippen molar-refractivity contribution in [2.24, 2.45) is 11.0 Å². The quantitative estimate of drug-likeness (QED) is 0.514. The van der Waals surface area contributed by atoms with Gasteiger partial charge in [0.2, 0.25) is 6.79 Å². The van der Waals surface area contributed by atoms with Crippen molar-refractivity contribution in [2.45, 2.75) is 26.8 Å². The second-order valence-corrected chi connectivity index (χ2v) is 6.97. The molecule has 1 unspecified atom stereocenters. The third-order valence-corrected chi connectivity index (χ3v) is 4.47. The Balaban J connectivity index is 1.64. The number of carbonyl (C=O) groups excluding carboxylic acids is 2. The summed E-state index contributed by atoms with van der Waals surface area (Å²) < 4.78 is 16.1. The minimum absolute atomic E-state index is 0.127. The second kappa shape index (κ2) is 9.78. The second-order valence-electron chi connectivity index (χ2n) is 6.97. The minimum atomic E-state index is -0.762. The van der Waals surface area contributed by atoms with Gasteiger partial charge in [0.25, 0.3) is 11.8 Å². The Morgan fingerprint density at radius 3 is 2.70 bits per heavy atom. The van der Waals surface area contributed by atoms with Gasteiger partial charge in [0.15, 0.2) is 11.5 Å².